The number of aliphatic imine (C=N–C) groups is 1. The number of fused-ring (bicyclic) bond motifs is 1. The molecule has 0 fully saturated rings. The van der Waals surface area contributed by atoms with E-state index >= 15 is 0 Å². The van der Waals surface area contributed by atoms with Gasteiger partial charge in [0.15, 0.2) is 0 Å². The Bertz CT molecular complexity index is 1350. The van der Waals surface area contributed by atoms with Gasteiger partial charge in [-0.3, -0.25) is 19.3 Å². The number of carbonyl (C=O) groups excluding carboxylic acids is 4. The molecule has 3 amide bonds. The van der Waals surface area contributed by atoms with Crippen LogP contribution in [0.1, 0.15) is 38.3 Å². The van der Waals surface area contributed by atoms with E-state index in [4.69, 9.17) is 15.5 Å². The molecular formula is C31H41N5O5S3. The molecule has 2 unspecified atom stereocenters. The lowest BCUT2D eigenvalue weighted by molar-refractivity contribution is -0.145. The van der Waals surface area contributed by atoms with Crippen LogP contribution >= 0.6 is 33.3 Å². The molecule has 44 heavy (non-hydrogen) atoms. The third-order valence-corrected chi connectivity index (χ3v) is 10.6. The summed E-state index contributed by atoms with van der Waals surface area (Å²) < 4.78 is 4.87. The van der Waals surface area contributed by atoms with E-state index in [1.165, 1.54) is 46.5 Å². The molecule has 1 aliphatic heterocycles. The maximum atomic E-state index is 14.3. The van der Waals surface area contributed by atoms with E-state index in [0.29, 0.717) is 34.9 Å². The van der Waals surface area contributed by atoms with Gasteiger partial charge < -0.3 is 20.7 Å². The average Bonchev–Trinajstić information content (AvgIpc) is 3.12. The largest absolute Gasteiger partial charge is 0.467 e. The second kappa shape index (κ2) is 16.4. The summed E-state index contributed by atoms with van der Waals surface area (Å²) in [7, 11) is 5.89. The fourth-order valence-corrected chi connectivity index (χ4v) is 7.29. The van der Waals surface area contributed by atoms with Crippen LogP contribution < -0.4 is 16.0 Å². The molecule has 0 saturated heterocycles. The topological polar surface area (TPSA) is 134 Å². The fraction of sp³-hybridized carbons (Fsp3) is 0.452. The number of ether oxygens (including phenoxy) is 1. The van der Waals surface area contributed by atoms with E-state index in [1.807, 2.05) is 48.7 Å². The predicted molar refractivity (Wildman–Crippen MR) is 182 cm³/mol. The van der Waals surface area contributed by atoms with Gasteiger partial charge in [0.2, 0.25) is 18.0 Å². The van der Waals surface area contributed by atoms with E-state index in [0.717, 1.165) is 5.56 Å². The summed E-state index contributed by atoms with van der Waals surface area (Å²) in [5.74, 6) is -1.16. The number of methoxy groups -OCH3 is 1. The highest BCUT2D eigenvalue weighted by Gasteiger charge is 2.38. The number of benzene rings is 2. The number of nitrogens with one attached hydrogen (secondary N) is 1. The minimum atomic E-state index is -1.29. The monoisotopic (exact) mass is 659 g/mol. The molecule has 3 atom stereocenters. The number of nitrogens with two attached hydrogens (primary N) is 1. The number of likely N-dealkylation sites (N-methyl/N-ethyl adjacent to an activating group) is 1. The van der Waals surface area contributed by atoms with Crippen LogP contribution in [0.3, 0.4) is 0 Å². The molecule has 1 aliphatic rings. The quantitative estimate of drug-likeness (QED) is 0.245. The zero-order valence-electron chi connectivity index (χ0n) is 25.9. The highest BCUT2D eigenvalue weighted by atomic mass is 33.1. The van der Waals surface area contributed by atoms with Gasteiger partial charge in [-0.15, -0.1) is 0 Å². The second-order valence-corrected chi connectivity index (χ2v) is 15.3. The first-order valence-electron chi connectivity index (χ1n) is 14.1. The lowest BCUT2D eigenvalue weighted by Crippen LogP contribution is -2.55. The van der Waals surface area contributed by atoms with Crippen molar-refractivity contribution >= 4 is 68.4 Å². The second-order valence-electron chi connectivity index (χ2n) is 11.1. The zero-order chi connectivity index (χ0) is 32.4. The highest BCUT2D eigenvalue weighted by Crippen LogP contribution is 2.35. The van der Waals surface area contributed by atoms with Gasteiger partial charge in [0, 0.05) is 28.7 Å². The van der Waals surface area contributed by atoms with Crippen molar-refractivity contribution < 1.29 is 23.9 Å². The SMILES string of the molecule is COC(=O)[C@H](CCSC)NC(=O)CN1C(=O)C(N(C)C(=O)C(N)CSSC(C)(C)C)N=C(c2ccccc2)c2ccccc21. The third-order valence-electron chi connectivity index (χ3n) is 6.56. The van der Waals surface area contributed by atoms with Gasteiger partial charge >= 0.3 is 5.97 Å². The van der Waals surface area contributed by atoms with E-state index in [1.54, 1.807) is 22.9 Å². The molecule has 1 heterocycles. The van der Waals surface area contributed by atoms with Crippen LogP contribution in [0.2, 0.25) is 0 Å². The van der Waals surface area contributed by atoms with Crippen LogP contribution in [0, 0.1) is 0 Å². The summed E-state index contributed by atoms with van der Waals surface area (Å²) in [6.45, 7) is 5.83. The molecule has 3 N–H and O–H groups in total. The highest BCUT2D eigenvalue weighted by molar-refractivity contribution is 8.77. The molecule has 0 spiro atoms. The van der Waals surface area contributed by atoms with E-state index in [2.05, 4.69) is 26.1 Å². The van der Waals surface area contributed by atoms with Crippen LogP contribution in [0.5, 0.6) is 0 Å². The standard InChI is InChI=1S/C31H41N5O5S3/c1-31(2,3)44-43-19-22(32)28(38)35(4)27-29(39)36(18-25(37)33-23(16-17-42-6)30(40)41-5)24-15-11-10-14-21(24)26(34-27)20-12-8-7-9-13-20/h7-15,22-23,27H,16-19,32H2,1-6H3,(H,33,37)/t22?,23-,27?/m0/s1. The van der Waals surface area contributed by atoms with E-state index in [-0.39, 0.29) is 4.75 Å². The van der Waals surface area contributed by atoms with Crippen LogP contribution in [0.4, 0.5) is 5.69 Å². The molecule has 10 nitrogen and oxygen atoms in total. The van der Waals surface area contributed by atoms with Crippen molar-refractivity contribution in [2.24, 2.45) is 10.7 Å². The van der Waals surface area contributed by atoms with Crippen molar-refractivity contribution in [2.75, 3.05) is 43.4 Å². The maximum absolute atomic E-state index is 14.3. The number of carbonyl (C=O) groups is 4. The lowest BCUT2D eigenvalue weighted by Gasteiger charge is -2.30. The van der Waals surface area contributed by atoms with E-state index < -0.39 is 48.5 Å². The third kappa shape index (κ3) is 9.50. The number of hydrogen-bond donors (Lipinski definition) is 2. The number of rotatable bonds is 13. The van der Waals surface area contributed by atoms with Gasteiger partial charge in [-0.05, 0) is 24.5 Å². The van der Waals surface area contributed by atoms with Crippen molar-refractivity contribution in [3.63, 3.8) is 0 Å². The number of nitrogens with zero attached hydrogens (tertiary/aromatic N) is 3. The van der Waals surface area contributed by atoms with Crippen molar-refractivity contribution in [1.82, 2.24) is 10.2 Å². The van der Waals surface area contributed by atoms with Crippen LogP contribution in [-0.2, 0) is 23.9 Å². The smallest absolute Gasteiger partial charge is 0.328 e. The van der Waals surface area contributed by atoms with Crippen LogP contribution in [0.15, 0.2) is 59.6 Å². The Labute approximate surface area is 271 Å². The first-order chi connectivity index (χ1) is 20.9. The number of para-hydroxylation sites is 1. The summed E-state index contributed by atoms with van der Waals surface area (Å²) in [4.78, 5) is 61.0. The molecule has 0 bridgehead atoms. The molecule has 13 heteroatoms. The molecule has 0 aliphatic carbocycles. The first kappa shape index (κ1) is 35.5. The Morgan fingerprint density at radius 2 is 1.77 bits per heavy atom. The molecule has 2 aromatic rings. The lowest BCUT2D eigenvalue weighted by atomic mass is 10.0. The van der Waals surface area contributed by atoms with Crippen LogP contribution in [-0.4, -0.2) is 95.8 Å². The Morgan fingerprint density at radius 3 is 2.41 bits per heavy atom. The van der Waals surface area contributed by atoms with Crippen molar-refractivity contribution in [3.8, 4) is 0 Å². The van der Waals surface area contributed by atoms with Gasteiger partial charge in [-0.25, -0.2) is 9.79 Å². The van der Waals surface area contributed by atoms with Gasteiger partial charge in [0.25, 0.3) is 5.91 Å². The number of esters is 1. The number of hydrogen-bond acceptors (Lipinski definition) is 10. The van der Waals surface area contributed by atoms with Gasteiger partial charge in [-0.1, -0.05) is 90.9 Å². The fourth-order valence-electron chi connectivity index (χ4n) is 4.40. The van der Waals surface area contributed by atoms with E-state index in [9.17, 15) is 19.2 Å². The summed E-state index contributed by atoms with van der Waals surface area (Å²) in [5.41, 5.74) is 8.64. The number of amides is 3. The Hall–Kier alpha value is -3.00. The van der Waals surface area contributed by atoms with Gasteiger partial charge in [0.05, 0.1) is 24.6 Å². The number of thioether (sulfide) groups is 1. The van der Waals surface area contributed by atoms with Crippen molar-refractivity contribution in [3.05, 3.63) is 65.7 Å². The number of benzodiazepines with no additional fused rings is 1. The van der Waals surface area contributed by atoms with Crippen LogP contribution in [0.25, 0.3) is 0 Å². The summed E-state index contributed by atoms with van der Waals surface area (Å²) in [5, 5.41) is 2.72. The Morgan fingerprint density at radius 1 is 1.11 bits per heavy atom. The van der Waals surface area contributed by atoms with Crippen molar-refractivity contribution in [1.29, 1.82) is 0 Å². The van der Waals surface area contributed by atoms with Gasteiger partial charge in [0.1, 0.15) is 12.6 Å². The molecule has 238 valence electrons. The first-order valence-corrected chi connectivity index (χ1v) is 17.8. The normalized spacial score (nSPS) is 16.2. The minimum Gasteiger partial charge on any atom is -0.467 e. The summed E-state index contributed by atoms with van der Waals surface area (Å²) >= 11 is 1.54. The van der Waals surface area contributed by atoms with Gasteiger partial charge in [-0.2, -0.15) is 11.8 Å². The molecular weight excluding hydrogens is 619 g/mol. The molecule has 0 radical (unpaired) electrons. The van der Waals surface area contributed by atoms with Crippen molar-refractivity contribution in [2.45, 2.75) is 50.2 Å². The summed E-state index contributed by atoms with van der Waals surface area (Å²) in [6.07, 6.45) is 0.977. The maximum Gasteiger partial charge on any atom is 0.328 e. The average molecular weight is 660 g/mol. The molecule has 2 aromatic carbocycles. The molecule has 3 rings (SSSR count). The molecule has 0 saturated carbocycles. The molecule has 0 aromatic heterocycles. The Balaban J connectivity index is 2.00. The summed E-state index contributed by atoms with van der Waals surface area (Å²) in [6, 6.07) is 14.8. The Kier molecular flexibility index (Phi) is 13.2. The number of anilines is 1. The zero-order valence-corrected chi connectivity index (χ0v) is 28.4. The predicted octanol–water partition coefficient (Wildman–Crippen LogP) is 3.57. The minimum absolute atomic E-state index is 0.0133.